The van der Waals surface area contributed by atoms with Gasteiger partial charge in [0.2, 0.25) is 0 Å². The summed E-state index contributed by atoms with van der Waals surface area (Å²) in [5.41, 5.74) is 2.15. The largest absolute Gasteiger partial charge is 0.359 e. The minimum atomic E-state index is -4.11. The molecule has 174 valence electrons. The molecule has 0 saturated heterocycles. The van der Waals surface area contributed by atoms with E-state index in [1.54, 1.807) is 37.3 Å². The average Bonchev–Trinajstić information content (AvgIpc) is 3.27. The molecular weight excluding hydrogens is 474 g/mol. The topological polar surface area (TPSA) is 92.5 Å². The third-order valence-electron chi connectivity index (χ3n) is 5.07. The molecule has 0 aliphatic heterocycles. The number of rotatable bonds is 8. The van der Waals surface area contributed by atoms with Crippen LogP contribution in [-0.4, -0.2) is 19.5 Å². The summed E-state index contributed by atoms with van der Waals surface area (Å²) in [6.07, 6.45) is 0. The Morgan fingerprint density at radius 1 is 1.00 bits per heavy atom. The third kappa shape index (κ3) is 5.30. The van der Waals surface area contributed by atoms with Gasteiger partial charge in [0.05, 0.1) is 29.5 Å². The Labute approximate surface area is 203 Å². The van der Waals surface area contributed by atoms with Gasteiger partial charge >= 0.3 is 0 Å². The van der Waals surface area contributed by atoms with Crippen LogP contribution in [0.15, 0.2) is 94.3 Å². The minimum absolute atomic E-state index is 0.0244. The average molecular weight is 496 g/mol. The van der Waals surface area contributed by atoms with Crippen molar-refractivity contribution in [1.82, 2.24) is 10.5 Å². The summed E-state index contributed by atoms with van der Waals surface area (Å²) in [6, 6.07) is 23.9. The van der Waals surface area contributed by atoms with Crippen LogP contribution in [0.2, 0.25) is 5.02 Å². The van der Waals surface area contributed by atoms with Gasteiger partial charge < -0.3 is 9.84 Å². The second kappa shape index (κ2) is 10.1. The lowest BCUT2D eigenvalue weighted by Gasteiger charge is -2.25. The third-order valence-corrected chi connectivity index (χ3v) is 7.33. The first-order valence-corrected chi connectivity index (χ1v) is 12.3. The quantitative estimate of drug-likeness (QED) is 0.373. The van der Waals surface area contributed by atoms with Crippen LogP contribution in [-0.2, 0) is 23.1 Å². The van der Waals surface area contributed by atoms with Crippen molar-refractivity contribution < 1.29 is 17.7 Å². The number of aryl methyl sites for hydroxylation is 1. The number of hydrogen-bond acceptors (Lipinski definition) is 5. The first-order valence-electron chi connectivity index (χ1n) is 10.5. The van der Waals surface area contributed by atoms with Gasteiger partial charge in [-0.3, -0.25) is 9.10 Å². The predicted octanol–water partition coefficient (Wildman–Crippen LogP) is 4.96. The summed E-state index contributed by atoms with van der Waals surface area (Å²) >= 11 is 6.33. The number of hydrogen-bond donors (Lipinski definition) is 1. The summed E-state index contributed by atoms with van der Waals surface area (Å²) < 4.78 is 34.0. The molecule has 0 spiro atoms. The van der Waals surface area contributed by atoms with Gasteiger partial charge in [-0.25, -0.2) is 8.42 Å². The maximum atomic E-state index is 13.8. The van der Waals surface area contributed by atoms with Gasteiger partial charge in [-0.2, -0.15) is 0 Å². The number of amides is 1. The molecule has 1 heterocycles. The lowest BCUT2D eigenvalue weighted by molar-refractivity contribution is 0.0947. The molecule has 0 unspecified atom stereocenters. The first-order chi connectivity index (χ1) is 16.3. The summed E-state index contributed by atoms with van der Waals surface area (Å²) in [6.45, 7) is 2.00. The summed E-state index contributed by atoms with van der Waals surface area (Å²) in [5.74, 6) is 0.0299. The first kappa shape index (κ1) is 23.5. The molecule has 1 N–H and O–H groups in total. The highest BCUT2D eigenvalue weighted by atomic mass is 35.5. The van der Waals surface area contributed by atoms with Gasteiger partial charge in [0.15, 0.2) is 5.76 Å². The van der Waals surface area contributed by atoms with E-state index in [2.05, 4.69) is 10.5 Å². The highest BCUT2D eigenvalue weighted by molar-refractivity contribution is 7.93. The van der Waals surface area contributed by atoms with Crippen molar-refractivity contribution in [2.24, 2.45) is 0 Å². The Morgan fingerprint density at radius 2 is 1.68 bits per heavy atom. The van der Waals surface area contributed by atoms with Gasteiger partial charge in [-0.15, -0.1) is 0 Å². The molecule has 0 atom stereocenters. The molecule has 0 aliphatic rings. The standard InChI is InChI=1S/C25H22ClN3O4S/c1-18-14-22(33-28-18)16-27-25(30)20-12-13-23(26)24(15-20)34(31,32)29(21-10-6-3-7-11-21)17-19-8-4-2-5-9-19/h2-15H,16-17H2,1H3,(H,27,30). The summed E-state index contributed by atoms with van der Waals surface area (Å²) in [4.78, 5) is 12.6. The molecule has 1 amide bonds. The highest BCUT2D eigenvalue weighted by Crippen LogP contribution is 2.30. The van der Waals surface area contributed by atoms with E-state index < -0.39 is 15.9 Å². The molecule has 4 rings (SSSR count). The summed E-state index contributed by atoms with van der Waals surface area (Å²) in [7, 11) is -4.11. The van der Waals surface area contributed by atoms with E-state index in [1.807, 2.05) is 36.4 Å². The zero-order valence-electron chi connectivity index (χ0n) is 18.3. The number of aromatic nitrogens is 1. The van der Waals surface area contributed by atoms with Crippen LogP contribution in [0.25, 0.3) is 0 Å². The SMILES string of the molecule is Cc1cc(CNC(=O)c2ccc(Cl)c(S(=O)(=O)N(Cc3ccccc3)c3ccccc3)c2)on1. The number of carbonyl (C=O) groups excluding carboxylic acids is 1. The van der Waals surface area contributed by atoms with E-state index in [0.717, 1.165) is 5.56 Å². The lowest BCUT2D eigenvalue weighted by atomic mass is 10.2. The number of para-hydroxylation sites is 1. The van der Waals surface area contributed by atoms with Crippen LogP contribution < -0.4 is 9.62 Å². The maximum Gasteiger partial charge on any atom is 0.266 e. The van der Waals surface area contributed by atoms with Gasteiger partial charge in [-0.05, 0) is 42.8 Å². The second-order valence-corrected chi connectivity index (χ2v) is 9.83. The van der Waals surface area contributed by atoms with Crippen molar-refractivity contribution in [3.63, 3.8) is 0 Å². The monoisotopic (exact) mass is 495 g/mol. The van der Waals surface area contributed by atoms with E-state index in [4.69, 9.17) is 16.1 Å². The Bertz CT molecular complexity index is 1390. The smallest absolute Gasteiger partial charge is 0.266 e. The molecule has 0 aliphatic carbocycles. The fourth-order valence-electron chi connectivity index (χ4n) is 3.39. The van der Waals surface area contributed by atoms with Crippen molar-refractivity contribution in [2.75, 3.05) is 4.31 Å². The molecule has 0 fully saturated rings. The Hall–Kier alpha value is -3.62. The van der Waals surface area contributed by atoms with Crippen LogP contribution >= 0.6 is 11.6 Å². The van der Waals surface area contributed by atoms with Gasteiger partial charge in [0.1, 0.15) is 4.90 Å². The Balaban J connectivity index is 1.66. The number of carbonyl (C=O) groups is 1. The van der Waals surface area contributed by atoms with Gasteiger partial charge in [0.25, 0.3) is 15.9 Å². The number of nitrogens with one attached hydrogen (secondary N) is 1. The molecule has 0 bridgehead atoms. The van der Waals surface area contributed by atoms with Gasteiger partial charge in [0, 0.05) is 11.6 Å². The molecule has 3 aromatic carbocycles. The van der Waals surface area contributed by atoms with E-state index in [-0.39, 0.29) is 28.6 Å². The maximum absolute atomic E-state index is 13.8. The van der Waals surface area contributed by atoms with Crippen molar-refractivity contribution in [3.05, 3.63) is 113 Å². The molecular formula is C25H22ClN3O4S. The normalized spacial score (nSPS) is 11.2. The molecule has 1 aromatic heterocycles. The molecule has 4 aromatic rings. The highest BCUT2D eigenvalue weighted by Gasteiger charge is 2.28. The van der Waals surface area contributed by atoms with Crippen molar-refractivity contribution >= 4 is 33.2 Å². The molecule has 34 heavy (non-hydrogen) atoms. The van der Waals surface area contributed by atoms with Crippen LogP contribution in [0.5, 0.6) is 0 Å². The molecule has 0 radical (unpaired) electrons. The fourth-order valence-corrected chi connectivity index (χ4v) is 5.34. The van der Waals surface area contributed by atoms with Crippen molar-refractivity contribution in [1.29, 1.82) is 0 Å². The van der Waals surface area contributed by atoms with Crippen LogP contribution in [0, 0.1) is 6.92 Å². The minimum Gasteiger partial charge on any atom is -0.359 e. The Kier molecular flexibility index (Phi) is 7.00. The zero-order chi connectivity index (χ0) is 24.1. The molecule has 9 heteroatoms. The Morgan fingerprint density at radius 3 is 2.32 bits per heavy atom. The molecule has 0 saturated carbocycles. The second-order valence-electron chi connectivity index (χ2n) is 7.60. The number of anilines is 1. The summed E-state index contributed by atoms with van der Waals surface area (Å²) in [5, 5.41) is 6.51. The predicted molar refractivity (Wildman–Crippen MR) is 130 cm³/mol. The number of halogens is 1. The molecule has 7 nitrogen and oxygen atoms in total. The van der Waals surface area contributed by atoms with Crippen LogP contribution in [0.3, 0.4) is 0 Å². The number of benzene rings is 3. The number of nitrogens with zero attached hydrogens (tertiary/aromatic N) is 2. The van der Waals surface area contributed by atoms with E-state index >= 15 is 0 Å². The van der Waals surface area contributed by atoms with E-state index in [1.165, 1.54) is 22.5 Å². The van der Waals surface area contributed by atoms with Crippen molar-refractivity contribution in [3.8, 4) is 0 Å². The lowest BCUT2D eigenvalue weighted by Crippen LogP contribution is -2.31. The van der Waals surface area contributed by atoms with E-state index in [9.17, 15) is 13.2 Å². The number of sulfonamides is 1. The fraction of sp³-hybridized carbons (Fsp3) is 0.120. The van der Waals surface area contributed by atoms with Gasteiger partial charge in [-0.1, -0.05) is 65.3 Å². The zero-order valence-corrected chi connectivity index (χ0v) is 19.9. The van der Waals surface area contributed by atoms with E-state index in [0.29, 0.717) is 17.1 Å². The van der Waals surface area contributed by atoms with Crippen LogP contribution in [0.1, 0.15) is 27.4 Å². The van der Waals surface area contributed by atoms with Crippen molar-refractivity contribution in [2.45, 2.75) is 24.9 Å². The van der Waals surface area contributed by atoms with Crippen LogP contribution in [0.4, 0.5) is 5.69 Å².